The summed E-state index contributed by atoms with van der Waals surface area (Å²) >= 11 is 3.54. The third-order valence-electron chi connectivity index (χ3n) is 4.18. The fourth-order valence-electron chi connectivity index (χ4n) is 2.80. The monoisotopic (exact) mass is 287 g/mol. The van der Waals surface area contributed by atoms with Crippen molar-refractivity contribution in [2.75, 3.05) is 5.33 Å². The van der Waals surface area contributed by atoms with E-state index in [-0.39, 0.29) is 5.54 Å². The molecule has 0 bridgehead atoms. The highest BCUT2D eigenvalue weighted by molar-refractivity contribution is 9.09. The van der Waals surface area contributed by atoms with Gasteiger partial charge in [0.15, 0.2) is 0 Å². The second-order valence-electron chi connectivity index (χ2n) is 5.45. The van der Waals surface area contributed by atoms with E-state index >= 15 is 0 Å². The smallest absolute Gasteiger partial charge is 0.223 e. The van der Waals surface area contributed by atoms with Crippen LogP contribution >= 0.6 is 15.9 Å². The van der Waals surface area contributed by atoms with Gasteiger partial charge in [0.05, 0.1) is 0 Å². The Labute approximate surface area is 107 Å². The number of carbonyl (C=O) groups is 1. The maximum Gasteiger partial charge on any atom is 0.223 e. The molecule has 0 radical (unpaired) electrons. The SMILES string of the molecule is O=C(NC1(CBr)CCC1)C1CCCCCC1. The Kier molecular flexibility index (Phi) is 4.28. The molecule has 2 fully saturated rings. The first-order chi connectivity index (χ1) is 7.76. The molecule has 2 saturated carbocycles. The van der Waals surface area contributed by atoms with Gasteiger partial charge in [0, 0.05) is 16.8 Å². The minimum atomic E-state index is 0.101. The molecule has 2 aliphatic rings. The fraction of sp³-hybridized carbons (Fsp3) is 0.923. The Morgan fingerprint density at radius 1 is 1.12 bits per heavy atom. The van der Waals surface area contributed by atoms with Crippen LogP contribution in [0.2, 0.25) is 0 Å². The maximum atomic E-state index is 12.2. The molecule has 0 spiro atoms. The van der Waals surface area contributed by atoms with Crippen LogP contribution in [0.25, 0.3) is 0 Å². The lowest BCUT2D eigenvalue weighted by Crippen LogP contribution is -2.56. The van der Waals surface area contributed by atoms with Crippen molar-refractivity contribution in [2.45, 2.75) is 63.3 Å². The highest BCUT2D eigenvalue weighted by atomic mass is 79.9. The zero-order chi connectivity index (χ0) is 11.4. The third-order valence-corrected chi connectivity index (χ3v) is 5.25. The van der Waals surface area contributed by atoms with Gasteiger partial charge in [-0.1, -0.05) is 41.6 Å². The molecule has 0 saturated heterocycles. The predicted octanol–water partition coefficient (Wildman–Crippen LogP) is 3.39. The van der Waals surface area contributed by atoms with Gasteiger partial charge < -0.3 is 5.32 Å². The van der Waals surface area contributed by atoms with Gasteiger partial charge in [0.2, 0.25) is 5.91 Å². The Morgan fingerprint density at radius 3 is 2.19 bits per heavy atom. The van der Waals surface area contributed by atoms with E-state index in [1.807, 2.05) is 0 Å². The van der Waals surface area contributed by atoms with E-state index in [4.69, 9.17) is 0 Å². The van der Waals surface area contributed by atoms with E-state index in [9.17, 15) is 4.79 Å². The minimum absolute atomic E-state index is 0.101. The van der Waals surface area contributed by atoms with Gasteiger partial charge in [-0.3, -0.25) is 4.79 Å². The molecular formula is C13H22BrNO. The summed E-state index contributed by atoms with van der Waals surface area (Å²) < 4.78 is 0. The van der Waals surface area contributed by atoms with Gasteiger partial charge in [0.25, 0.3) is 0 Å². The van der Waals surface area contributed by atoms with Crippen molar-refractivity contribution in [1.82, 2.24) is 5.32 Å². The van der Waals surface area contributed by atoms with Crippen molar-refractivity contribution in [2.24, 2.45) is 5.92 Å². The van der Waals surface area contributed by atoms with Crippen molar-refractivity contribution in [3.63, 3.8) is 0 Å². The molecule has 1 N–H and O–H groups in total. The molecule has 2 aliphatic carbocycles. The van der Waals surface area contributed by atoms with Crippen molar-refractivity contribution in [3.8, 4) is 0 Å². The van der Waals surface area contributed by atoms with Gasteiger partial charge in [-0.05, 0) is 32.1 Å². The molecule has 3 heteroatoms. The summed E-state index contributed by atoms with van der Waals surface area (Å²) in [6.45, 7) is 0. The first-order valence-electron chi connectivity index (χ1n) is 6.64. The van der Waals surface area contributed by atoms with E-state index in [2.05, 4.69) is 21.2 Å². The van der Waals surface area contributed by atoms with E-state index in [1.54, 1.807) is 0 Å². The lowest BCUT2D eigenvalue weighted by molar-refractivity contribution is -0.128. The number of nitrogens with one attached hydrogen (secondary N) is 1. The molecule has 0 atom stereocenters. The van der Waals surface area contributed by atoms with Crippen LogP contribution in [0.15, 0.2) is 0 Å². The number of hydrogen-bond acceptors (Lipinski definition) is 1. The Bertz CT molecular complexity index is 237. The molecular weight excluding hydrogens is 266 g/mol. The van der Waals surface area contributed by atoms with E-state index in [1.165, 1.54) is 32.1 Å². The van der Waals surface area contributed by atoms with Crippen LogP contribution in [0.5, 0.6) is 0 Å². The largest absolute Gasteiger partial charge is 0.350 e. The van der Waals surface area contributed by atoms with Gasteiger partial charge in [-0.2, -0.15) is 0 Å². The summed E-state index contributed by atoms with van der Waals surface area (Å²) in [7, 11) is 0. The molecule has 0 aliphatic heterocycles. The first kappa shape index (κ1) is 12.4. The van der Waals surface area contributed by atoms with Crippen molar-refractivity contribution in [3.05, 3.63) is 0 Å². The average molecular weight is 288 g/mol. The van der Waals surface area contributed by atoms with E-state index in [0.29, 0.717) is 11.8 Å². The number of halogens is 1. The highest BCUT2D eigenvalue weighted by Crippen LogP contribution is 2.34. The number of hydrogen-bond donors (Lipinski definition) is 1. The number of rotatable bonds is 3. The van der Waals surface area contributed by atoms with Crippen LogP contribution in [0.4, 0.5) is 0 Å². The second-order valence-corrected chi connectivity index (χ2v) is 6.01. The summed E-state index contributed by atoms with van der Waals surface area (Å²) in [5.74, 6) is 0.611. The molecule has 1 amide bonds. The number of amides is 1. The van der Waals surface area contributed by atoms with E-state index in [0.717, 1.165) is 31.0 Å². The fourth-order valence-corrected chi connectivity index (χ4v) is 3.50. The molecule has 0 aromatic heterocycles. The molecule has 0 aromatic rings. The molecule has 2 nitrogen and oxygen atoms in total. The number of alkyl halides is 1. The van der Waals surface area contributed by atoms with E-state index < -0.39 is 0 Å². The van der Waals surface area contributed by atoms with Crippen molar-refractivity contribution in [1.29, 1.82) is 0 Å². The van der Waals surface area contributed by atoms with Crippen LogP contribution in [0.3, 0.4) is 0 Å². The third kappa shape index (κ3) is 2.79. The quantitative estimate of drug-likeness (QED) is 0.626. The molecule has 0 heterocycles. The standard InChI is InChI=1S/C13H22BrNO/c14-10-13(8-5-9-13)15-12(16)11-6-3-1-2-4-7-11/h11H,1-10H2,(H,15,16). The van der Waals surface area contributed by atoms with Gasteiger partial charge in [0.1, 0.15) is 0 Å². The van der Waals surface area contributed by atoms with Crippen LogP contribution in [0.1, 0.15) is 57.8 Å². The first-order valence-corrected chi connectivity index (χ1v) is 7.76. The maximum absolute atomic E-state index is 12.2. The normalized spacial score (nSPS) is 25.6. The summed E-state index contributed by atoms with van der Waals surface area (Å²) in [5.41, 5.74) is 0.101. The van der Waals surface area contributed by atoms with Crippen molar-refractivity contribution >= 4 is 21.8 Å². The molecule has 16 heavy (non-hydrogen) atoms. The van der Waals surface area contributed by atoms with Crippen molar-refractivity contribution < 1.29 is 4.79 Å². The Balaban J connectivity index is 1.86. The summed E-state index contributed by atoms with van der Waals surface area (Å²) in [4.78, 5) is 12.2. The van der Waals surface area contributed by atoms with Gasteiger partial charge >= 0.3 is 0 Å². The second kappa shape index (κ2) is 5.52. The van der Waals surface area contributed by atoms with Crippen LogP contribution < -0.4 is 5.32 Å². The number of carbonyl (C=O) groups excluding carboxylic acids is 1. The van der Waals surface area contributed by atoms with Crippen LogP contribution in [-0.2, 0) is 4.79 Å². The highest BCUT2D eigenvalue weighted by Gasteiger charge is 2.38. The molecule has 92 valence electrons. The summed E-state index contributed by atoms with van der Waals surface area (Å²) in [5, 5.41) is 4.21. The van der Waals surface area contributed by atoms with Gasteiger partial charge in [-0.25, -0.2) is 0 Å². The summed E-state index contributed by atoms with van der Waals surface area (Å²) in [6.07, 6.45) is 10.9. The summed E-state index contributed by atoms with van der Waals surface area (Å²) in [6, 6.07) is 0. The van der Waals surface area contributed by atoms with Gasteiger partial charge in [-0.15, -0.1) is 0 Å². The topological polar surface area (TPSA) is 29.1 Å². The molecule has 0 unspecified atom stereocenters. The van der Waals surface area contributed by atoms with Crippen LogP contribution in [0, 0.1) is 5.92 Å². The lowest BCUT2D eigenvalue weighted by Gasteiger charge is -2.42. The minimum Gasteiger partial charge on any atom is -0.350 e. The van der Waals surface area contributed by atoms with Crippen LogP contribution in [-0.4, -0.2) is 16.8 Å². The lowest BCUT2D eigenvalue weighted by atomic mass is 9.78. The predicted molar refractivity (Wildman–Crippen MR) is 69.7 cm³/mol. The average Bonchev–Trinajstić information content (AvgIpc) is 2.51. The Morgan fingerprint density at radius 2 is 1.75 bits per heavy atom. The zero-order valence-electron chi connectivity index (χ0n) is 9.93. The zero-order valence-corrected chi connectivity index (χ0v) is 11.5. The molecule has 2 rings (SSSR count). The Hall–Kier alpha value is -0.0500. The molecule has 0 aromatic carbocycles.